The fourth-order valence-corrected chi connectivity index (χ4v) is 3.34. The molecule has 2 aromatic rings. The summed E-state index contributed by atoms with van der Waals surface area (Å²) < 4.78 is 0. The lowest BCUT2D eigenvalue weighted by atomic mass is 9.96. The zero-order valence-corrected chi connectivity index (χ0v) is 17.4. The average Bonchev–Trinajstić information content (AvgIpc) is 2.71. The molecular weight excluding hydrogens is 348 g/mol. The van der Waals surface area contributed by atoms with Crippen LogP contribution in [-0.2, 0) is 32.5 Å². The summed E-state index contributed by atoms with van der Waals surface area (Å²) in [5, 5.41) is 28.7. The van der Waals surface area contributed by atoms with Crippen molar-refractivity contribution in [3.05, 3.63) is 75.9 Å². The maximum atomic E-state index is 9.98. The molecule has 3 N–H and O–H groups in total. The minimum absolute atomic E-state index is 0.0367. The molecule has 0 saturated heterocycles. The van der Waals surface area contributed by atoms with Crippen molar-refractivity contribution in [2.24, 2.45) is 5.92 Å². The van der Waals surface area contributed by atoms with Crippen LogP contribution in [0.1, 0.15) is 60.6 Å². The summed E-state index contributed by atoms with van der Waals surface area (Å²) in [4.78, 5) is 0. The standard InChI is InChI=1S/C25H34O3/c1-4-21-14-19(8-10-22(21)12-13-25(28)18(2)3)6-5-7-20-9-11-23(16-26)24(15-20)17-27/h8-15,18,25-28H,4-7,16-17H2,1-3H3. The van der Waals surface area contributed by atoms with Gasteiger partial charge in [0.15, 0.2) is 0 Å². The first-order chi connectivity index (χ1) is 13.5. The summed E-state index contributed by atoms with van der Waals surface area (Å²) >= 11 is 0. The molecule has 0 saturated carbocycles. The number of aryl methyl sites for hydroxylation is 3. The van der Waals surface area contributed by atoms with Gasteiger partial charge in [-0.05, 0) is 65.0 Å². The van der Waals surface area contributed by atoms with E-state index in [1.807, 2.05) is 44.2 Å². The van der Waals surface area contributed by atoms with Crippen LogP contribution in [0.25, 0.3) is 6.08 Å². The Hall–Kier alpha value is -1.94. The highest BCUT2D eigenvalue weighted by molar-refractivity contribution is 5.55. The van der Waals surface area contributed by atoms with Gasteiger partial charge in [0.25, 0.3) is 0 Å². The van der Waals surface area contributed by atoms with Gasteiger partial charge in [0.2, 0.25) is 0 Å². The van der Waals surface area contributed by atoms with E-state index in [2.05, 4.69) is 25.1 Å². The van der Waals surface area contributed by atoms with Gasteiger partial charge in [-0.25, -0.2) is 0 Å². The first-order valence-corrected chi connectivity index (χ1v) is 10.3. The molecule has 152 valence electrons. The molecule has 0 spiro atoms. The highest BCUT2D eigenvalue weighted by Crippen LogP contribution is 2.19. The van der Waals surface area contributed by atoms with E-state index in [4.69, 9.17) is 0 Å². The van der Waals surface area contributed by atoms with Crippen LogP contribution >= 0.6 is 0 Å². The summed E-state index contributed by atoms with van der Waals surface area (Å²) in [7, 11) is 0. The summed E-state index contributed by atoms with van der Waals surface area (Å²) in [5.41, 5.74) is 6.61. The van der Waals surface area contributed by atoms with E-state index >= 15 is 0 Å². The zero-order chi connectivity index (χ0) is 20.5. The van der Waals surface area contributed by atoms with Crippen molar-refractivity contribution < 1.29 is 15.3 Å². The lowest BCUT2D eigenvalue weighted by Crippen LogP contribution is -2.10. The van der Waals surface area contributed by atoms with Crippen molar-refractivity contribution in [1.29, 1.82) is 0 Å². The van der Waals surface area contributed by atoms with Gasteiger partial charge in [-0.15, -0.1) is 0 Å². The Balaban J connectivity index is 1.99. The largest absolute Gasteiger partial charge is 0.392 e. The minimum atomic E-state index is -0.412. The molecule has 3 heteroatoms. The normalized spacial score (nSPS) is 12.8. The minimum Gasteiger partial charge on any atom is -0.392 e. The number of aliphatic hydroxyl groups excluding tert-OH is 3. The molecule has 1 unspecified atom stereocenters. The molecule has 0 aromatic heterocycles. The second-order valence-corrected chi connectivity index (χ2v) is 7.75. The van der Waals surface area contributed by atoms with Crippen LogP contribution in [0.3, 0.4) is 0 Å². The van der Waals surface area contributed by atoms with Crippen LogP contribution < -0.4 is 0 Å². The zero-order valence-electron chi connectivity index (χ0n) is 17.4. The van der Waals surface area contributed by atoms with E-state index in [1.54, 1.807) is 0 Å². The van der Waals surface area contributed by atoms with Gasteiger partial charge in [-0.2, -0.15) is 0 Å². The number of benzene rings is 2. The fourth-order valence-electron chi connectivity index (χ4n) is 3.34. The number of aliphatic hydroxyl groups is 3. The predicted molar refractivity (Wildman–Crippen MR) is 116 cm³/mol. The smallest absolute Gasteiger partial charge is 0.0747 e. The molecule has 0 bridgehead atoms. The lowest BCUT2D eigenvalue weighted by Gasteiger charge is -2.11. The van der Waals surface area contributed by atoms with Crippen LogP contribution in [-0.4, -0.2) is 21.4 Å². The highest BCUT2D eigenvalue weighted by atomic mass is 16.3. The van der Waals surface area contributed by atoms with Crippen molar-refractivity contribution in [3.63, 3.8) is 0 Å². The molecule has 0 fully saturated rings. The first-order valence-electron chi connectivity index (χ1n) is 10.3. The number of rotatable bonds is 10. The Labute approximate surface area is 169 Å². The van der Waals surface area contributed by atoms with E-state index < -0.39 is 6.10 Å². The third-order valence-corrected chi connectivity index (χ3v) is 5.29. The van der Waals surface area contributed by atoms with E-state index in [0.29, 0.717) is 0 Å². The third-order valence-electron chi connectivity index (χ3n) is 5.29. The van der Waals surface area contributed by atoms with Gasteiger partial charge in [0, 0.05) is 0 Å². The summed E-state index contributed by atoms with van der Waals surface area (Å²) in [6.07, 6.45) is 7.46. The van der Waals surface area contributed by atoms with Crippen LogP contribution in [0, 0.1) is 5.92 Å². The lowest BCUT2D eigenvalue weighted by molar-refractivity contribution is 0.173. The molecule has 1 atom stereocenters. The molecule has 0 aliphatic heterocycles. The second-order valence-electron chi connectivity index (χ2n) is 7.75. The number of hydrogen-bond acceptors (Lipinski definition) is 3. The van der Waals surface area contributed by atoms with Crippen LogP contribution in [0.5, 0.6) is 0 Å². The van der Waals surface area contributed by atoms with Crippen molar-refractivity contribution >= 4 is 6.08 Å². The maximum absolute atomic E-state index is 9.98. The number of hydrogen-bond donors (Lipinski definition) is 3. The van der Waals surface area contributed by atoms with Crippen LogP contribution in [0.4, 0.5) is 0 Å². The summed E-state index contributed by atoms with van der Waals surface area (Å²) in [6, 6.07) is 12.5. The average molecular weight is 383 g/mol. The van der Waals surface area contributed by atoms with Gasteiger partial charge in [0.05, 0.1) is 19.3 Å². The molecule has 0 aliphatic rings. The van der Waals surface area contributed by atoms with Crippen LogP contribution in [0.2, 0.25) is 0 Å². The molecule has 0 radical (unpaired) electrons. The van der Waals surface area contributed by atoms with E-state index in [1.165, 1.54) is 22.3 Å². The van der Waals surface area contributed by atoms with E-state index in [9.17, 15) is 15.3 Å². The maximum Gasteiger partial charge on any atom is 0.0747 e. The van der Waals surface area contributed by atoms with E-state index in [-0.39, 0.29) is 19.1 Å². The van der Waals surface area contributed by atoms with Crippen molar-refractivity contribution in [1.82, 2.24) is 0 Å². The van der Waals surface area contributed by atoms with Crippen molar-refractivity contribution in [2.45, 2.75) is 65.8 Å². The molecular formula is C25H34O3. The first kappa shape index (κ1) is 22.4. The summed E-state index contributed by atoms with van der Waals surface area (Å²) in [6.45, 7) is 6.11. The quantitative estimate of drug-likeness (QED) is 0.569. The Morgan fingerprint density at radius 2 is 1.46 bits per heavy atom. The fraction of sp³-hybridized carbons (Fsp3) is 0.440. The monoisotopic (exact) mass is 382 g/mol. The van der Waals surface area contributed by atoms with Crippen molar-refractivity contribution in [2.75, 3.05) is 0 Å². The highest BCUT2D eigenvalue weighted by Gasteiger charge is 2.06. The predicted octanol–water partition coefficient (Wildman–Crippen LogP) is 4.44. The van der Waals surface area contributed by atoms with Gasteiger partial charge in [-0.1, -0.05) is 69.3 Å². The van der Waals surface area contributed by atoms with Gasteiger partial charge in [-0.3, -0.25) is 0 Å². The molecule has 0 amide bonds. The Morgan fingerprint density at radius 3 is 2.04 bits per heavy atom. The molecule has 0 heterocycles. The topological polar surface area (TPSA) is 60.7 Å². The Morgan fingerprint density at radius 1 is 0.857 bits per heavy atom. The van der Waals surface area contributed by atoms with Crippen molar-refractivity contribution in [3.8, 4) is 0 Å². The Bertz CT molecular complexity index is 777. The molecule has 2 rings (SSSR count). The molecule has 3 nitrogen and oxygen atoms in total. The van der Waals surface area contributed by atoms with Gasteiger partial charge < -0.3 is 15.3 Å². The molecule has 0 aliphatic carbocycles. The second kappa shape index (κ2) is 11.2. The Kier molecular flexibility index (Phi) is 8.91. The SMILES string of the molecule is CCc1cc(CCCc2ccc(CO)c(CO)c2)ccc1C=CC(O)C(C)C. The molecule has 2 aromatic carbocycles. The third kappa shape index (κ3) is 6.30. The van der Waals surface area contributed by atoms with Gasteiger partial charge >= 0.3 is 0 Å². The van der Waals surface area contributed by atoms with Gasteiger partial charge in [0.1, 0.15) is 0 Å². The van der Waals surface area contributed by atoms with Crippen LogP contribution in [0.15, 0.2) is 42.5 Å². The summed E-state index contributed by atoms with van der Waals surface area (Å²) in [5.74, 6) is 0.221. The van der Waals surface area contributed by atoms with E-state index in [0.717, 1.165) is 36.8 Å². The molecule has 28 heavy (non-hydrogen) atoms.